The van der Waals surface area contributed by atoms with E-state index in [1.165, 1.54) is 19.2 Å². The molecule has 0 unspecified atom stereocenters. The van der Waals surface area contributed by atoms with Crippen LogP contribution in [0.5, 0.6) is 5.75 Å². The molecule has 0 spiro atoms. The number of hydrogen-bond donors (Lipinski definition) is 0. The zero-order valence-corrected chi connectivity index (χ0v) is 8.24. The molecule has 0 aliphatic carbocycles. The maximum absolute atomic E-state index is 13.1. The van der Waals surface area contributed by atoms with E-state index in [2.05, 4.69) is 20.7 Å². The SMILES string of the molecule is COc1ccc(Br)c(C(F)F)c1F. The summed E-state index contributed by atoms with van der Waals surface area (Å²) in [5.41, 5.74) is -0.667. The Bertz CT molecular complexity index is 315. The molecule has 72 valence electrons. The zero-order valence-electron chi connectivity index (χ0n) is 6.65. The molecular formula is C8H6BrF3O. The van der Waals surface area contributed by atoms with E-state index >= 15 is 0 Å². The Labute approximate surface area is 81.6 Å². The first-order valence-electron chi connectivity index (χ1n) is 3.38. The van der Waals surface area contributed by atoms with Crippen LogP contribution in [0.25, 0.3) is 0 Å². The second-order valence-electron chi connectivity index (χ2n) is 2.28. The lowest BCUT2D eigenvalue weighted by Crippen LogP contribution is -1.96. The topological polar surface area (TPSA) is 9.23 Å². The van der Waals surface area contributed by atoms with E-state index in [0.717, 1.165) is 0 Å². The number of methoxy groups -OCH3 is 1. The summed E-state index contributed by atoms with van der Waals surface area (Å²) in [6.07, 6.45) is -2.86. The second-order valence-corrected chi connectivity index (χ2v) is 3.13. The predicted molar refractivity (Wildman–Crippen MR) is 45.6 cm³/mol. The summed E-state index contributed by atoms with van der Waals surface area (Å²) < 4.78 is 42.3. The highest BCUT2D eigenvalue weighted by Gasteiger charge is 2.20. The number of alkyl halides is 2. The Morgan fingerprint density at radius 1 is 1.38 bits per heavy atom. The van der Waals surface area contributed by atoms with Crippen LogP contribution in [-0.2, 0) is 0 Å². The summed E-state index contributed by atoms with van der Waals surface area (Å²) in [5.74, 6) is -1.20. The lowest BCUT2D eigenvalue weighted by atomic mass is 10.2. The molecule has 0 saturated carbocycles. The van der Waals surface area contributed by atoms with E-state index < -0.39 is 17.8 Å². The van der Waals surface area contributed by atoms with Crippen molar-refractivity contribution >= 4 is 15.9 Å². The van der Waals surface area contributed by atoms with Crippen LogP contribution in [0.4, 0.5) is 13.2 Å². The normalized spacial score (nSPS) is 10.6. The third kappa shape index (κ3) is 1.96. The van der Waals surface area contributed by atoms with Crippen molar-refractivity contribution in [3.8, 4) is 5.75 Å². The Morgan fingerprint density at radius 2 is 2.00 bits per heavy atom. The average molecular weight is 255 g/mol. The molecule has 0 aromatic heterocycles. The van der Waals surface area contributed by atoms with Crippen molar-refractivity contribution in [1.29, 1.82) is 0 Å². The van der Waals surface area contributed by atoms with Crippen molar-refractivity contribution in [2.24, 2.45) is 0 Å². The quantitative estimate of drug-likeness (QED) is 0.785. The fourth-order valence-electron chi connectivity index (χ4n) is 0.907. The second kappa shape index (κ2) is 4.00. The molecule has 0 saturated heterocycles. The molecule has 0 radical (unpaired) electrons. The monoisotopic (exact) mass is 254 g/mol. The van der Waals surface area contributed by atoms with Gasteiger partial charge in [-0.25, -0.2) is 13.2 Å². The fourth-order valence-corrected chi connectivity index (χ4v) is 1.39. The molecule has 1 nitrogen and oxygen atoms in total. The summed E-state index contributed by atoms with van der Waals surface area (Å²) in [7, 11) is 1.22. The van der Waals surface area contributed by atoms with Crippen LogP contribution in [0.15, 0.2) is 16.6 Å². The summed E-state index contributed by atoms with van der Waals surface area (Å²) in [5, 5.41) is 0. The molecular weight excluding hydrogens is 249 g/mol. The minimum atomic E-state index is -2.86. The average Bonchev–Trinajstić information content (AvgIpc) is 2.04. The van der Waals surface area contributed by atoms with Gasteiger partial charge >= 0.3 is 0 Å². The molecule has 0 fully saturated rings. The summed E-state index contributed by atoms with van der Waals surface area (Å²) in [4.78, 5) is 0. The molecule has 1 aromatic rings. The van der Waals surface area contributed by atoms with Crippen LogP contribution >= 0.6 is 15.9 Å². The lowest BCUT2D eigenvalue weighted by molar-refractivity contribution is 0.144. The molecule has 1 aromatic carbocycles. The minimum absolute atomic E-state index is 0.0424. The Balaban J connectivity index is 3.30. The maximum atomic E-state index is 13.1. The van der Waals surface area contributed by atoms with Crippen LogP contribution < -0.4 is 4.74 Å². The van der Waals surface area contributed by atoms with Gasteiger partial charge in [-0.05, 0) is 12.1 Å². The van der Waals surface area contributed by atoms with Crippen LogP contribution in [-0.4, -0.2) is 7.11 Å². The lowest BCUT2D eigenvalue weighted by Gasteiger charge is -2.08. The summed E-state index contributed by atoms with van der Waals surface area (Å²) in [6, 6.07) is 2.61. The van der Waals surface area contributed by atoms with Crippen LogP contribution in [0.2, 0.25) is 0 Å². The van der Waals surface area contributed by atoms with E-state index in [-0.39, 0.29) is 10.2 Å². The van der Waals surface area contributed by atoms with Gasteiger partial charge in [0.25, 0.3) is 6.43 Å². The smallest absolute Gasteiger partial charge is 0.267 e. The van der Waals surface area contributed by atoms with Crippen molar-refractivity contribution < 1.29 is 17.9 Å². The zero-order chi connectivity index (χ0) is 10.0. The number of benzene rings is 1. The van der Waals surface area contributed by atoms with Gasteiger partial charge in [0.2, 0.25) is 0 Å². The first-order chi connectivity index (χ1) is 6.07. The first kappa shape index (κ1) is 10.4. The number of halogens is 4. The number of hydrogen-bond acceptors (Lipinski definition) is 1. The van der Waals surface area contributed by atoms with E-state index in [1.807, 2.05) is 0 Å². The number of rotatable bonds is 2. The van der Waals surface area contributed by atoms with Gasteiger partial charge in [0.1, 0.15) is 0 Å². The molecule has 1 rings (SSSR count). The highest BCUT2D eigenvalue weighted by Crippen LogP contribution is 2.34. The van der Waals surface area contributed by atoms with E-state index in [0.29, 0.717) is 0 Å². The largest absolute Gasteiger partial charge is 0.494 e. The Kier molecular flexibility index (Phi) is 3.19. The summed E-state index contributed by atoms with van der Waals surface area (Å²) >= 11 is 2.84. The molecule has 0 bridgehead atoms. The Morgan fingerprint density at radius 3 is 2.46 bits per heavy atom. The van der Waals surface area contributed by atoms with Gasteiger partial charge in [-0.3, -0.25) is 0 Å². The molecule has 5 heteroatoms. The molecule has 0 heterocycles. The Hall–Kier alpha value is -0.710. The van der Waals surface area contributed by atoms with Gasteiger partial charge in [-0.1, -0.05) is 15.9 Å². The maximum Gasteiger partial charge on any atom is 0.267 e. The van der Waals surface area contributed by atoms with Gasteiger partial charge in [0, 0.05) is 4.47 Å². The van der Waals surface area contributed by atoms with Crippen molar-refractivity contribution in [2.45, 2.75) is 6.43 Å². The van der Waals surface area contributed by atoms with Crippen LogP contribution in [0.3, 0.4) is 0 Å². The van der Waals surface area contributed by atoms with E-state index in [1.54, 1.807) is 0 Å². The van der Waals surface area contributed by atoms with Crippen molar-refractivity contribution in [3.05, 3.63) is 28.0 Å². The van der Waals surface area contributed by atoms with Gasteiger partial charge in [-0.2, -0.15) is 0 Å². The molecule has 0 aliphatic heterocycles. The molecule has 0 N–H and O–H groups in total. The van der Waals surface area contributed by atoms with Crippen LogP contribution in [0, 0.1) is 5.82 Å². The predicted octanol–water partition coefficient (Wildman–Crippen LogP) is 3.53. The number of ether oxygens (including phenoxy) is 1. The molecule has 0 amide bonds. The first-order valence-corrected chi connectivity index (χ1v) is 4.17. The highest BCUT2D eigenvalue weighted by molar-refractivity contribution is 9.10. The standard InChI is InChI=1S/C8H6BrF3O/c1-13-5-3-2-4(9)6(7(5)10)8(11)12/h2-3,8H,1H3. The fraction of sp³-hybridized carbons (Fsp3) is 0.250. The van der Waals surface area contributed by atoms with Gasteiger partial charge in [0.05, 0.1) is 12.7 Å². The van der Waals surface area contributed by atoms with Gasteiger partial charge < -0.3 is 4.74 Å². The highest BCUT2D eigenvalue weighted by atomic mass is 79.9. The van der Waals surface area contributed by atoms with E-state index in [4.69, 9.17) is 0 Å². The van der Waals surface area contributed by atoms with E-state index in [9.17, 15) is 13.2 Å². The molecule has 0 aliphatic rings. The van der Waals surface area contributed by atoms with Gasteiger partial charge in [0.15, 0.2) is 11.6 Å². The van der Waals surface area contributed by atoms with Crippen LogP contribution in [0.1, 0.15) is 12.0 Å². The third-order valence-electron chi connectivity index (χ3n) is 1.53. The van der Waals surface area contributed by atoms with Crippen molar-refractivity contribution in [2.75, 3.05) is 7.11 Å². The summed E-state index contributed by atoms with van der Waals surface area (Å²) in [6.45, 7) is 0. The van der Waals surface area contributed by atoms with Gasteiger partial charge in [-0.15, -0.1) is 0 Å². The van der Waals surface area contributed by atoms with Crippen molar-refractivity contribution in [3.63, 3.8) is 0 Å². The van der Waals surface area contributed by atoms with Crippen molar-refractivity contribution in [1.82, 2.24) is 0 Å². The molecule has 0 atom stereocenters. The third-order valence-corrected chi connectivity index (χ3v) is 2.22. The molecule has 13 heavy (non-hydrogen) atoms. The minimum Gasteiger partial charge on any atom is -0.494 e.